The lowest BCUT2D eigenvalue weighted by Crippen LogP contribution is -2.38. The largest absolute Gasteiger partial charge is 0.377 e. The lowest BCUT2D eigenvalue weighted by atomic mass is 10.2. The molecule has 0 amide bonds. The molecule has 0 spiro atoms. The van der Waals surface area contributed by atoms with Gasteiger partial charge in [0.05, 0.1) is 17.3 Å². The van der Waals surface area contributed by atoms with Gasteiger partial charge in [-0.25, -0.2) is 4.98 Å². The number of aliphatic imine (C=N–C) groups is 1. The molecular weight excluding hydrogens is 356 g/mol. The summed E-state index contributed by atoms with van der Waals surface area (Å²) in [7, 11) is 0. The van der Waals surface area contributed by atoms with Crippen molar-refractivity contribution >= 4 is 17.3 Å². The Morgan fingerprint density at radius 3 is 2.67 bits per heavy atom. The molecule has 2 rings (SSSR count). The summed E-state index contributed by atoms with van der Waals surface area (Å²) in [6.45, 7) is 10.2. The first kappa shape index (κ1) is 21.4. The van der Waals surface area contributed by atoms with Crippen LogP contribution < -0.4 is 10.6 Å². The Hall–Kier alpha value is -1.92. The van der Waals surface area contributed by atoms with Crippen LogP contribution in [0.15, 0.2) is 35.3 Å². The van der Waals surface area contributed by atoms with Crippen LogP contribution in [0.1, 0.15) is 40.9 Å². The van der Waals surface area contributed by atoms with E-state index in [0.29, 0.717) is 6.61 Å². The van der Waals surface area contributed by atoms with Crippen LogP contribution in [0.2, 0.25) is 0 Å². The summed E-state index contributed by atoms with van der Waals surface area (Å²) in [4.78, 5) is 10.5. The first-order chi connectivity index (χ1) is 13.2. The molecule has 0 saturated carbocycles. The third-order valence-electron chi connectivity index (χ3n) is 4.13. The van der Waals surface area contributed by atoms with E-state index in [-0.39, 0.29) is 0 Å². The highest BCUT2D eigenvalue weighted by Gasteiger charge is 2.04. The maximum absolute atomic E-state index is 5.71. The number of nitrogens with zero attached hydrogens (tertiary/aromatic N) is 2. The van der Waals surface area contributed by atoms with E-state index in [1.807, 2.05) is 18.2 Å². The van der Waals surface area contributed by atoms with Gasteiger partial charge < -0.3 is 15.4 Å². The van der Waals surface area contributed by atoms with Gasteiger partial charge in [-0.2, -0.15) is 0 Å². The summed E-state index contributed by atoms with van der Waals surface area (Å²) in [5.74, 6) is 0.882. The Morgan fingerprint density at radius 2 is 1.96 bits per heavy atom. The SMILES string of the molecule is CCNC(=NCCCCOCc1ccccc1)NCCc1nc(C)c(C)s1. The molecule has 0 bridgehead atoms. The molecule has 0 radical (unpaired) electrons. The van der Waals surface area contributed by atoms with E-state index in [4.69, 9.17) is 4.74 Å². The number of aryl methyl sites for hydroxylation is 2. The third-order valence-corrected chi connectivity index (χ3v) is 5.26. The Labute approximate surface area is 167 Å². The van der Waals surface area contributed by atoms with Gasteiger partial charge >= 0.3 is 0 Å². The van der Waals surface area contributed by atoms with E-state index in [1.165, 1.54) is 15.4 Å². The van der Waals surface area contributed by atoms with E-state index in [2.05, 4.69) is 53.5 Å². The summed E-state index contributed by atoms with van der Waals surface area (Å²) < 4.78 is 5.71. The molecule has 1 heterocycles. The molecule has 0 saturated heterocycles. The molecule has 0 unspecified atom stereocenters. The van der Waals surface area contributed by atoms with Crippen LogP contribution in [-0.4, -0.2) is 37.2 Å². The second kappa shape index (κ2) is 12.5. The number of rotatable bonds is 11. The standard InChI is InChI=1S/C21H32N4OS/c1-4-22-21(24-14-12-20-25-17(2)18(3)27-20)23-13-8-9-15-26-16-19-10-6-5-7-11-19/h5-7,10-11H,4,8-9,12-16H2,1-3H3,(H2,22,23,24). The number of unbranched alkanes of at least 4 members (excludes halogenated alkanes) is 1. The molecule has 1 aromatic carbocycles. The van der Waals surface area contributed by atoms with Gasteiger partial charge in [-0.1, -0.05) is 30.3 Å². The van der Waals surface area contributed by atoms with Crippen molar-refractivity contribution in [1.82, 2.24) is 15.6 Å². The van der Waals surface area contributed by atoms with Gasteiger partial charge in [0.2, 0.25) is 0 Å². The average Bonchev–Trinajstić information content (AvgIpc) is 2.99. The Balaban J connectivity index is 1.59. The monoisotopic (exact) mass is 388 g/mol. The zero-order valence-electron chi connectivity index (χ0n) is 16.8. The maximum atomic E-state index is 5.71. The maximum Gasteiger partial charge on any atom is 0.191 e. The van der Waals surface area contributed by atoms with Crippen molar-refractivity contribution in [2.24, 2.45) is 4.99 Å². The van der Waals surface area contributed by atoms with Gasteiger partial charge in [-0.15, -0.1) is 11.3 Å². The van der Waals surface area contributed by atoms with Gasteiger partial charge in [0.1, 0.15) is 0 Å². The zero-order chi connectivity index (χ0) is 19.3. The minimum atomic E-state index is 0.685. The van der Waals surface area contributed by atoms with Crippen molar-refractivity contribution < 1.29 is 4.74 Å². The number of hydrogen-bond acceptors (Lipinski definition) is 4. The molecule has 148 valence electrons. The van der Waals surface area contributed by atoms with Crippen LogP contribution in [0.25, 0.3) is 0 Å². The third kappa shape index (κ3) is 8.54. The minimum Gasteiger partial charge on any atom is -0.377 e. The fraction of sp³-hybridized carbons (Fsp3) is 0.524. The van der Waals surface area contributed by atoms with E-state index in [1.54, 1.807) is 11.3 Å². The Kier molecular flexibility index (Phi) is 9.87. The quantitative estimate of drug-likeness (QED) is 0.349. The fourth-order valence-corrected chi connectivity index (χ4v) is 3.48. The molecule has 0 atom stereocenters. The molecule has 5 nitrogen and oxygen atoms in total. The molecule has 27 heavy (non-hydrogen) atoms. The highest BCUT2D eigenvalue weighted by atomic mass is 32.1. The number of aromatic nitrogens is 1. The van der Waals surface area contributed by atoms with Gasteiger partial charge in [-0.05, 0) is 39.2 Å². The molecule has 2 N–H and O–H groups in total. The van der Waals surface area contributed by atoms with Crippen molar-refractivity contribution in [3.05, 3.63) is 51.5 Å². The van der Waals surface area contributed by atoms with E-state index in [0.717, 1.165) is 57.2 Å². The number of hydrogen-bond donors (Lipinski definition) is 2. The van der Waals surface area contributed by atoms with Crippen molar-refractivity contribution in [3.63, 3.8) is 0 Å². The van der Waals surface area contributed by atoms with Crippen molar-refractivity contribution in [2.45, 2.75) is 46.6 Å². The fourth-order valence-electron chi connectivity index (χ4n) is 2.55. The number of ether oxygens (including phenoxy) is 1. The number of nitrogens with one attached hydrogen (secondary N) is 2. The van der Waals surface area contributed by atoms with Gasteiger partial charge in [-0.3, -0.25) is 4.99 Å². The van der Waals surface area contributed by atoms with E-state index in [9.17, 15) is 0 Å². The first-order valence-corrected chi connectivity index (χ1v) is 10.6. The number of thiazole rings is 1. The molecule has 1 aromatic heterocycles. The molecular formula is C21H32N4OS. The van der Waals surface area contributed by atoms with Crippen LogP contribution in [0.5, 0.6) is 0 Å². The van der Waals surface area contributed by atoms with Gasteiger partial charge in [0.15, 0.2) is 5.96 Å². The summed E-state index contributed by atoms with van der Waals surface area (Å²) in [5, 5.41) is 7.88. The minimum absolute atomic E-state index is 0.685. The van der Waals surface area contributed by atoms with Gasteiger partial charge in [0, 0.05) is 37.5 Å². The smallest absolute Gasteiger partial charge is 0.191 e. The van der Waals surface area contributed by atoms with Crippen LogP contribution in [-0.2, 0) is 17.8 Å². The summed E-state index contributed by atoms with van der Waals surface area (Å²) in [6, 6.07) is 10.3. The molecule has 6 heteroatoms. The molecule has 2 aromatic rings. The molecule has 0 fully saturated rings. The zero-order valence-corrected chi connectivity index (χ0v) is 17.6. The topological polar surface area (TPSA) is 58.5 Å². The van der Waals surface area contributed by atoms with Crippen LogP contribution >= 0.6 is 11.3 Å². The normalized spacial score (nSPS) is 11.6. The average molecular weight is 389 g/mol. The van der Waals surface area contributed by atoms with Crippen molar-refractivity contribution in [1.29, 1.82) is 0 Å². The van der Waals surface area contributed by atoms with E-state index >= 15 is 0 Å². The Morgan fingerprint density at radius 1 is 1.15 bits per heavy atom. The first-order valence-electron chi connectivity index (χ1n) is 9.75. The van der Waals surface area contributed by atoms with Crippen LogP contribution in [0.3, 0.4) is 0 Å². The molecule has 0 aliphatic heterocycles. The summed E-state index contributed by atoms with van der Waals surface area (Å²) in [5.41, 5.74) is 2.37. The van der Waals surface area contributed by atoms with E-state index < -0.39 is 0 Å². The highest BCUT2D eigenvalue weighted by molar-refractivity contribution is 7.11. The van der Waals surface area contributed by atoms with Crippen molar-refractivity contribution in [2.75, 3.05) is 26.2 Å². The van der Waals surface area contributed by atoms with Crippen LogP contribution in [0.4, 0.5) is 0 Å². The lowest BCUT2D eigenvalue weighted by Gasteiger charge is -2.10. The number of guanidine groups is 1. The summed E-state index contributed by atoms with van der Waals surface area (Å²) in [6.07, 6.45) is 2.97. The number of benzene rings is 1. The predicted octanol–water partition coefficient (Wildman–Crippen LogP) is 3.85. The van der Waals surface area contributed by atoms with Gasteiger partial charge in [0.25, 0.3) is 0 Å². The predicted molar refractivity (Wildman–Crippen MR) is 115 cm³/mol. The second-order valence-electron chi connectivity index (χ2n) is 6.43. The molecule has 0 aliphatic carbocycles. The highest BCUT2D eigenvalue weighted by Crippen LogP contribution is 2.16. The Bertz CT molecular complexity index is 665. The van der Waals surface area contributed by atoms with Crippen molar-refractivity contribution in [3.8, 4) is 0 Å². The summed E-state index contributed by atoms with van der Waals surface area (Å²) >= 11 is 1.78. The van der Waals surface area contributed by atoms with Crippen LogP contribution in [0, 0.1) is 13.8 Å². The second-order valence-corrected chi connectivity index (χ2v) is 7.72. The molecule has 0 aliphatic rings. The lowest BCUT2D eigenvalue weighted by molar-refractivity contribution is 0.117.